The monoisotopic (exact) mass is 900 g/mol. The Hall–Kier alpha value is -4.96. The van der Waals surface area contributed by atoms with E-state index in [1.54, 1.807) is 6.26 Å². The summed E-state index contributed by atoms with van der Waals surface area (Å²) in [4.78, 5) is 14.2. The maximum atomic E-state index is 5.83. The van der Waals surface area contributed by atoms with Gasteiger partial charge in [0.1, 0.15) is 0 Å². The summed E-state index contributed by atoms with van der Waals surface area (Å²) in [5.41, 5.74) is 15.8. The molecular formula is C50H49IrN3O-2. The number of hydrogen-bond acceptors (Lipinski definition) is 4. The fourth-order valence-corrected chi connectivity index (χ4v) is 6.82. The van der Waals surface area contributed by atoms with Crippen molar-refractivity contribution in [3.8, 4) is 22.5 Å². The van der Waals surface area contributed by atoms with Crippen molar-refractivity contribution in [2.24, 2.45) is 5.92 Å². The fourth-order valence-electron chi connectivity index (χ4n) is 6.82. The number of benzene rings is 4. The van der Waals surface area contributed by atoms with Gasteiger partial charge in [0, 0.05) is 55.7 Å². The molecule has 0 fully saturated rings. The molecule has 0 spiro atoms. The number of furan rings is 1. The van der Waals surface area contributed by atoms with Gasteiger partial charge in [-0.15, -0.1) is 41.0 Å². The number of aryl methyl sites for hydroxylation is 4. The summed E-state index contributed by atoms with van der Waals surface area (Å²) in [6.45, 7) is 19.6. The number of pyridine rings is 3. The van der Waals surface area contributed by atoms with Crippen LogP contribution in [0, 0.1) is 45.7 Å². The number of nitrogens with zero attached hydrogens (tertiary/aromatic N) is 3. The number of fused-ring (bicyclic) bond motifs is 4. The van der Waals surface area contributed by atoms with Crippen molar-refractivity contribution < 1.29 is 24.5 Å². The molecule has 0 bridgehead atoms. The maximum absolute atomic E-state index is 5.83. The normalized spacial score (nSPS) is 11.5. The average molecular weight is 900 g/mol. The van der Waals surface area contributed by atoms with E-state index in [0.717, 1.165) is 62.9 Å². The zero-order valence-electron chi connectivity index (χ0n) is 33.4. The molecule has 4 heterocycles. The van der Waals surface area contributed by atoms with Crippen LogP contribution in [-0.2, 0) is 38.4 Å². The van der Waals surface area contributed by atoms with Crippen LogP contribution in [0.5, 0.6) is 0 Å². The van der Waals surface area contributed by atoms with Crippen LogP contribution in [0.2, 0.25) is 0 Å². The molecule has 0 unspecified atom stereocenters. The van der Waals surface area contributed by atoms with Crippen LogP contribution in [0.4, 0.5) is 0 Å². The number of rotatable bonds is 6. The van der Waals surface area contributed by atoms with E-state index in [1.807, 2.05) is 24.5 Å². The fraction of sp³-hybridized carbons (Fsp3) is 0.260. The van der Waals surface area contributed by atoms with Crippen molar-refractivity contribution in [1.82, 2.24) is 15.0 Å². The summed E-state index contributed by atoms with van der Waals surface area (Å²) in [6.07, 6.45) is 7.32. The van der Waals surface area contributed by atoms with E-state index in [9.17, 15) is 0 Å². The first-order valence-electron chi connectivity index (χ1n) is 19.0. The minimum atomic E-state index is 0. The second-order valence-electron chi connectivity index (χ2n) is 16.2. The van der Waals surface area contributed by atoms with Crippen LogP contribution in [0.25, 0.3) is 55.2 Å². The van der Waals surface area contributed by atoms with E-state index in [1.165, 1.54) is 49.7 Å². The first-order valence-corrected chi connectivity index (χ1v) is 19.0. The van der Waals surface area contributed by atoms with E-state index in [-0.39, 0.29) is 25.5 Å². The van der Waals surface area contributed by atoms with Crippen LogP contribution < -0.4 is 0 Å². The van der Waals surface area contributed by atoms with Crippen molar-refractivity contribution in [3.63, 3.8) is 0 Å². The minimum Gasteiger partial charge on any atom is -0.506 e. The van der Waals surface area contributed by atoms with Crippen LogP contribution >= 0.6 is 0 Å². The zero-order chi connectivity index (χ0) is 38.1. The molecule has 0 N–H and O–H groups in total. The van der Waals surface area contributed by atoms with Gasteiger partial charge in [-0.2, -0.15) is 0 Å². The van der Waals surface area contributed by atoms with Crippen LogP contribution in [-0.4, -0.2) is 15.0 Å². The van der Waals surface area contributed by atoms with Gasteiger partial charge in [-0.05, 0) is 88.9 Å². The Morgan fingerprint density at radius 1 is 0.727 bits per heavy atom. The molecule has 4 aromatic carbocycles. The quantitative estimate of drug-likeness (QED) is 0.156. The van der Waals surface area contributed by atoms with Crippen molar-refractivity contribution in [1.29, 1.82) is 0 Å². The Balaban J connectivity index is 0.000000254. The first kappa shape index (κ1) is 39.7. The molecule has 4 nitrogen and oxygen atoms in total. The summed E-state index contributed by atoms with van der Waals surface area (Å²) < 4.78 is 5.83. The molecule has 0 amide bonds. The van der Waals surface area contributed by atoms with E-state index in [2.05, 4.69) is 152 Å². The number of aromatic nitrogens is 3. The summed E-state index contributed by atoms with van der Waals surface area (Å²) in [5, 5.41) is 4.51. The Morgan fingerprint density at radius 2 is 1.47 bits per heavy atom. The average Bonchev–Trinajstić information content (AvgIpc) is 3.62. The van der Waals surface area contributed by atoms with Gasteiger partial charge >= 0.3 is 0 Å². The molecule has 8 aromatic rings. The third-order valence-corrected chi connectivity index (χ3v) is 10.3. The summed E-state index contributed by atoms with van der Waals surface area (Å²) in [5.74, 6) is 0.538. The summed E-state index contributed by atoms with van der Waals surface area (Å²) in [7, 11) is 0. The van der Waals surface area contributed by atoms with Crippen molar-refractivity contribution >= 4 is 32.6 Å². The molecule has 55 heavy (non-hydrogen) atoms. The molecule has 0 saturated carbocycles. The van der Waals surface area contributed by atoms with Gasteiger partial charge in [-0.1, -0.05) is 131 Å². The largest absolute Gasteiger partial charge is 0.506 e. The SMILES string of the molecule is CC(C)Cc1ccc2c(-c3cc(Cc4ccc5cc(C(C)(C)C)ccc5c4)ccn3)[c-]c3ccoc3c2n1.Cc1c[c-]c(-c2cc(C)c(C)cn2)cc1C.[Ir]. The van der Waals surface area contributed by atoms with Gasteiger partial charge in [0.25, 0.3) is 0 Å². The Bertz CT molecular complexity index is 2580. The predicted molar refractivity (Wildman–Crippen MR) is 225 cm³/mol. The van der Waals surface area contributed by atoms with Gasteiger partial charge < -0.3 is 9.40 Å². The van der Waals surface area contributed by atoms with E-state index in [4.69, 9.17) is 14.4 Å². The van der Waals surface area contributed by atoms with E-state index in [0.29, 0.717) is 5.92 Å². The van der Waals surface area contributed by atoms with Crippen molar-refractivity contribution in [3.05, 3.63) is 160 Å². The standard InChI is InChI=1S/C35H33N2O.C15H16N.Ir/c1-22(2)16-29-10-11-30-31(21-27-13-15-38-34(27)33(30)37-29)32-19-24(12-14-36-32)17-23-6-7-26-20-28(35(3,4)5)9-8-25(26)18-23;1-10-5-6-14(7-11(10)2)15-8-12(3)13(4)9-16-15;/h6-15,18-20,22H,16-17H2,1-5H3;5,7-9H,1-4H3;/q2*-1;. The predicted octanol–water partition coefficient (Wildman–Crippen LogP) is 12.9. The molecule has 0 saturated heterocycles. The second-order valence-corrected chi connectivity index (χ2v) is 16.2. The summed E-state index contributed by atoms with van der Waals surface area (Å²) in [6, 6.07) is 37.3. The molecule has 0 atom stereocenters. The third kappa shape index (κ3) is 8.96. The van der Waals surface area contributed by atoms with Crippen LogP contribution in [0.3, 0.4) is 0 Å². The smallest absolute Gasteiger partial charge is 0.0847 e. The molecule has 1 radical (unpaired) electrons. The third-order valence-electron chi connectivity index (χ3n) is 10.3. The topological polar surface area (TPSA) is 51.8 Å². The zero-order valence-corrected chi connectivity index (χ0v) is 35.8. The van der Waals surface area contributed by atoms with Crippen molar-refractivity contribution in [2.75, 3.05) is 0 Å². The van der Waals surface area contributed by atoms with E-state index < -0.39 is 0 Å². The first-order chi connectivity index (χ1) is 25.8. The molecule has 8 rings (SSSR count). The van der Waals surface area contributed by atoms with Crippen LogP contribution in [0.15, 0.2) is 108 Å². The van der Waals surface area contributed by atoms with Gasteiger partial charge in [-0.25, -0.2) is 0 Å². The van der Waals surface area contributed by atoms with Crippen LogP contribution in [0.1, 0.15) is 79.3 Å². The van der Waals surface area contributed by atoms with Crippen molar-refractivity contribution in [2.45, 2.75) is 80.6 Å². The van der Waals surface area contributed by atoms with Gasteiger partial charge in [0.15, 0.2) is 0 Å². The molecule has 0 aliphatic rings. The Labute approximate surface area is 339 Å². The van der Waals surface area contributed by atoms with Gasteiger partial charge in [-0.3, -0.25) is 9.97 Å². The molecule has 4 aromatic heterocycles. The molecule has 281 valence electrons. The Kier molecular flexibility index (Phi) is 11.9. The van der Waals surface area contributed by atoms with Gasteiger partial charge in [0.2, 0.25) is 0 Å². The Morgan fingerprint density at radius 3 is 2.22 bits per heavy atom. The maximum Gasteiger partial charge on any atom is 0.0847 e. The van der Waals surface area contributed by atoms with Gasteiger partial charge in [0.05, 0.1) is 5.58 Å². The number of hydrogen-bond donors (Lipinski definition) is 0. The second kappa shape index (κ2) is 16.4. The molecule has 0 aliphatic heterocycles. The molecule has 5 heteroatoms. The van der Waals surface area contributed by atoms with E-state index >= 15 is 0 Å². The molecule has 0 aliphatic carbocycles. The molecular weight excluding hydrogens is 851 g/mol. The summed E-state index contributed by atoms with van der Waals surface area (Å²) >= 11 is 0. The minimum absolute atomic E-state index is 0.